The van der Waals surface area contributed by atoms with Crippen LogP contribution in [0.4, 0.5) is 5.69 Å². The minimum Gasteiger partial charge on any atom is -0.398 e. The van der Waals surface area contributed by atoms with E-state index in [9.17, 15) is 0 Å². The molecule has 20 heavy (non-hydrogen) atoms. The molecule has 0 aliphatic rings. The van der Waals surface area contributed by atoms with E-state index in [1.807, 2.05) is 48.5 Å². The molecular formula is C16H16N4. The van der Waals surface area contributed by atoms with Crippen LogP contribution in [0.2, 0.25) is 0 Å². The van der Waals surface area contributed by atoms with E-state index in [1.54, 1.807) is 12.4 Å². The van der Waals surface area contributed by atoms with Crippen LogP contribution in [0.1, 0.15) is 11.1 Å². The number of nitrogens with zero attached hydrogens (tertiary/aromatic N) is 2. The maximum Gasteiger partial charge on any atom is 0.0690 e. The smallest absolute Gasteiger partial charge is 0.0690 e. The normalized spacial score (nSPS) is 10.0. The van der Waals surface area contributed by atoms with Gasteiger partial charge in [0.25, 0.3) is 0 Å². The number of nitrogens with two attached hydrogens (primary N) is 1. The van der Waals surface area contributed by atoms with Crippen LogP contribution in [0.15, 0.2) is 67.0 Å². The molecule has 3 rings (SSSR count). The fourth-order valence-corrected chi connectivity index (χ4v) is 1.58. The quantitative estimate of drug-likeness (QED) is 0.551. The van der Waals surface area contributed by atoms with Gasteiger partial charge in [0.15, 0.2) is 0 Å². The lowest BCUT2D eigenvalue weighted by Gasteiger charge is -1.98. The van der Waals surface area contributed by atoms with Gasteiger partial charge < -0.3 is 5.73 Å². The molecule has 3 aromatic rings. The fourth-order valence-electron chi connectivity index (χ4n) is 1.58. The lowest BCUT2D eigenvalue weighted by atomic mass is 10.1. The molecule has 0 fully saturated rings. The van der Waals surface area contributed by atoms with E-state index in [2.05, 4.69) is 33.6 Å². The Kier molecular flexibility index (Phi) is 5.10. The lowest BCUT2D eigenvalue weighted by molar-refractivity contribution is 0.940. The Morgan fingerprint density at radius 2 is 1.45 bits per heavy atom. The van der Waals surface area contributed by atoms with Gasteiger partial charge in [0.2, 0.25) is 0 Å². The van der Waals surface area contributed by atoms with Gasteiger partial charge >= 0.3 is 0 Å². The summed E-state index contributed by atoms with van der Waals surface area (Å²) in [5.41, 5.74) is 8.88. The second kappa shape index (κ2) is 7.53. The molecule has 2 aromatic carbocycles. The van der Waals surface area contributed by atoms with E-state index in [0.717, 1.165) is 11.3 Å². The predicted octanol–water partition coefficient (Wildman–Crippen LogP) is 3.24. The standard InChI is InChI=1S/C14H13N.C2H3N3/c15-14-9-5-4-8-13(14)11-10-12-6-2-1-3-7-12;1-2-4-5-3-1/h1-11H,15H2;1-2H,(H,3,4,5). The number of rotatable bonds is 2. The topological polar surface area (TPSA) is 67.6 Å². The van der Waals surface area contributed by atoms with Gasteiger partial charge in [-0.1, -0.05) is 60.7 Å². The summed E-state index contributed by atoms with van der Waals surface area (Å²) in [5, 5.41) is 9.33. The number of aromatic amines is 1. The third-order valence-electron chi connectivity index (χ3n) is 2.58. The number of H-pyrrole nitrogens is 1. The van der Waals surface area contributed by atoms with Crippen LogP contribution in [-0.4, -0.2) is 15.4 Å². The summed E-state index contributed by atoms with van der Waals surface area (Å²) >= 11 is 0. The van der Waals surface area contributed by atoms with E-state index in [-0.39, 0.29) is 0 Å². The molecule has 0 aliphatic heterocycles. The number of hydrogen-bond donors (Lipinski definition) is 2. The molecule has 0 aliphatic carbocycles. The average Bonchev–Trinajstić information content (AvgIpc) is 3.07. The zero-order chi connectivity index (χ0) is 14.0. The Morgan fingerprint density at radius 3 is 2.05 bits per heavy atom. The summed E-state index contributed by atoms with van der Waals surface area (Å²) in [6, 6.07) is 18.0. The number of nitrogens with one attached hydrogen (secondary N) is 1. The summed E-state index contributed by atoms with van der Waals surface area (Å²) < 4.78 is 0. The van der Waals surface area contributed by atoms with Crippen molar-refractivity contribution < 1.29 is 0 Å². The number of nitrogen functional groups attached to an aromatic ring is 1. The van der Waals surface area contributed by atoms with Crippen LogP contribution < -0.4 is 5.73 Å². The molecule has 0 bridgehead atoms. The maximum absolute atomic E-state index is 5.83. The molecule has 0 saturated carbocycles. The van der Waals surface area contributed by atoms with Gasteiger partial charge in [-0.2, -0.15) is 15.4 Å². The first-order valence-electron chi connectivity index (χ1n) is 6.23. The van der Waals surface area contributed by atoms with Crippen molar-refractivity contribution in [1.29, 1.82) is 0 Å². The van der Waals surface area contributed by atoms with Crippen LogP contribution in [0.25, 0.3) is 12.2 Å². The summed E-state index contributed by atoms with van der Waals surface area (Å²) in [5.74, 6) is 0. The van der Waals surface area contributed by atoms with Crippen molar-refractivity contribution in [2.24, 2.45) is 0 Å². The summed E-state index contributed by atoms with van der Waals surface area (Å²) in [4.78, 5) is 0. The highest BCUT2D eigenvalue weighted by molar-refractivity contribution is 5.75. The van der Waals surface area contributed by atoms with Crippen LogP contribution in [0.5, 0.6) is 0 Å². The van der Waals surface area contributed by atoms with Crippen LogP contribution >= 0.6 is 0 Å². The Morgan fingerprint density at radius 1 is 0.800 bits per heavy atom. The van der Waals surface area contributed by atoms with E-state index in [4.69, 9.17) is 5.73 Å². The molecule has 4 heteroatoms. The second-order valence-electron chi connectivity index (χ2n) is 4.03. The number of benzene rings is 2. The first-order chi connectivity index (χ1) is 9.86. The molecule has 0 unspecified atom stereocenters. The number of para-hydroxylation sites is 1. The first-order valence-corrected chi connectivity index (χ1v) is 6.23. The van der Waals surface area contributed by atoms with Crippen molar-refractivity contribution in [3.8, 4) is 0 Å². The molecule has 0 atom stereocenters. The van der Waals surface area contributed by atoms with E-state index >= 15 is 0 Å². The Hall–Kier alpha value is -2.88. The SMILES string of the molecule is Nc1ccccc1C=Cc1ccccc1.c1cn[nH]n1. The van der Waals surface area contributed by atoms with Gasteiger partial charge in [0, 0.05) is 5.69 Å². The summed E-state index contributed by atoms with van der Waals surface area (Å²) in [7, 11) is 0. The minimum absolute atomic E-state index is 0.810. The van der Waals surface area contributed by atoms with Crippen LogP contribution in [-0.2, 0) is 0 Å². The van der Waals surface area contributed by atoms with E-state index < -0.39 is 0 Å². The van der Waals surface area contributed by atoms with Gasteiger partial charge in [-0.25, -0.2) is 0 Å². The van der Waals surface area contributed by atoms with Crippen molar-refractivity contribution >= 4 is 17.8 Å². The third-order valence-corrected chi connectivity index (χ3v) is 2.58. The highest BCUT2D eigenvalue weighted by Gasteiger charge is 1.91. The molecular weight excluding hydrogens is 248 g/mol. The van der Waals surface area contributed by atoms with Gasteiger partial charge in [0.05, 0.1) is 12.4 Å². The third kappa shape index (κ3) is 4.42. The number of hydrogen-bond acceptors (Lipinski definition) is 3. The van der Waals surface area contributed by atoms with Crippen LogP contribution in [0.3, 0.4) is 0 Å². The highest BCUT2D eigenvalue weighted by Crippen LogP contribution is 2.14. The molecule has 0 radical (unpaired) electrons. The Labute approximate surface area is 118 Å². The molecule has 3 N–H and O–H groups in total. The Bertz CT molecular complexity index is 613. The monoisotopic (exact) mass is 264 g/mol. The van der Waals surface area contributed by atoms with Crippen molar-refractivity contribution in [2.75, 3.05) is 5.73 Å². The summed E-state index contributed by atoms with van der Waals surface area (Å²) in [6.07, 6.45) is 7.26. The van der Waals surface area contributed by atoms with Crippen LogP contribution in [0, 0.1) is 0 Å². The van der Waals surface area contributed by atoms with Gasteiger partial charge in [-0.05, 0) is 17.2 Å². The number of anilines is 1. The van der Waals surface area contributed by atoms with Gasteiger partial charge in [-0.15, -0.1) is 0 Å². The first kappa shape index (κ1) is 13.5. The molecule has 0 spiro atoms. The average molecular weight is 264 g/mol. The van der Waals surface area contributed by atoms with Crippen molar-refractivity contribution in [2.45, 2.75) is 0 Å². The zero-order valence-corrected chi connectivity index (χ0v) is 11.0. The molecule has 1 aromatic heterocycles. The highest BCUT2D eigenvalue weighted by atomic mass is 15.3. The molecule has 100 valence electrons. The number of aromatic nitrogens is 3. The molecule has 0 amide bonds. The van der Waals surface area contributed by atoms with Gasteiger partial charge in [0.1, 0.15) is 0 Å². The van der Waals surface area contributed by atoms with E-state index in [0.29, 0.717) is 0 Å². The fraction of sp³-hybridized carbons (Fsp3) is 0. The van der Waals surface area contributed by atoms with Crippen molar-refractivity contribution in [3.05, 3.63) is 78.1 Å². The lowest BCUT2D eigenvalue weighted by Crippen LogP contribution is -1.87. The zero-order valence-electron chi connectivity index (χ0n) is 11.0. The minimum atomic E-state index is 0.810. The molecule has 4 nitrogen and oxygen atoms in total. The summed E-state index contributed by atoms with van der Waals surface area (Å²) in [6.45, 7) is 0. The van der Waals surface area contributed by atoms with Crippen molar-refractivity contribution in [3.63, 3.8) is 0 Å². The van der Waals surface area contributed by atoms with Crippen molar-refractivity contribution in [1.82, 2.24) is 15.4 Å². The Balaban J connectivity index is 0.000000247. The molecule has 0 saturated heterocycles. The largest absolute Gasteiger partial charge is 0.398 e. The molecule has 1 heterocycles. The maximum atomic E-state index is 5.83. The second-order valence-corrected chi connectivity index (χ2v) is 4.03. The van der Waals surface area contributed by atoms with Gasteiger partial charge in [-0.3, -0.25) is 0 Å². The van der Waals surface area contributed by atoms with E-state index in [1.165, 1.54) is 5.56 Å². The predicted molar refractivity (Wildman–Crippen MR) is 82.6 cm³/mol.